The molecule has 0 rings (SSSR count). The lowest BCUT2D eigenvalue weighted by Crippen LogP contribution is -2.24. The van der Waals surface area contributed by atoms with Crippen molar-refractivity contribution in [1.82, 2.24) is 0 Å². The molecule has 1 atom stereocenters. The Bertz CT molecular complexity index is 73.3. The fourth-order valence-corrected chi connectivity index (χ4v) is 0.750. The summed E-state index contributed by atoms with van der Waals surface area (Å²) in [5.41, 5.74) is 1.28. The molecule has 0 bridgehead atoms. The smallest absolute Gasteiger partial charge is 0.394 e. The quantitative estimate of drug-likeness (QED) is 0.385. The lowest BCUT2D eigenvalue weighted by atomic mass is 11.3. The number of halogens is 1. The Morgan fingerprint density at radius 3 is 2.43 bits per heavy atom. The summed E-state index contributed by atoms with van der Waals surface area (Å²) >= 11 is 0. The normalized spacial score (nSPS) is 18.6. The third-order valence-electron chi connectivity index (χ3n) is 0.764. The average Bonchev–Trinajstić information content (AvgIpc) is 1.68. The van der Waals surface area contributed by atoms with Gasteiger partial charge in [0.2, 0.25) is 0 Å². The predicted octanol–water partition coefficient (Wildman–Crippen LogP) is 0.0501. The molecular weight excluding hydrogens is 127 g/mol. The lowest BCUT2D eigenvalue weighted by molar-refractivity contribution is 0.525. The van der Waals surface area contributed by atoms with Gasteiger partial charge < -0.3 is 4.12 Å². The molecule has 0 amide bonds. The molecule has 0 saturated heterocycles. The van der Waals surface area contributed by atoms with Crippen LogP contribution in [0.3, 0.4) is 0 Å². The van der Waals surface area contributed by atoms with Crippen LogP contribution in [0.15, 0.2) is 12.3 Å². The van der Waals surface area contributed by atoms with Crippen LogP contribution in [0.5, 0.6) is 0 Å². The first-order valence-electron chi connectivity index (χ1n) is 2.00. The van der Waals surface area contributed by atoms with E-state index in [1.165, 1.54) is 12.2 Å². The van der Waals surface area contributed by atoms with E-state index in [2.05, 4.69) is 10.7 Å². The zero-order valence-corrected chi connectivity index (χ0v) is 7.57. The van der Waals surface area contributed by atoms with Crippen molar-refractivity contribution in [2.75, 3.05) is 0 Å². The molecule has 1 nitrogen and oxygen atoms in total. The molecule has 0 aromatic heterocycles. The van der Waals surface area contributed by atoms with Crippen molar-refractivity contribution in [3.8, 4) is 0 Å². The van der Waals surface area contributed by atoms with Crippen LogP contribution in [-0.2, 0) is 4.12 Å². The minimum atomic E-state index is -2.83. The van der Waals surface area contributed by atoms with Crippen LogP contribution in [0, 0.1) is 0 Å². The molecule has 0 fully saturated rings. The van der Waals surface area contributed by atoms with E-state index < -0.39 is 8.65 Å². The Kier molecular flexibility index (Phi) is 2.41. The minimum absolute atomic E-state index is 0.473. The third kappa shape index (κ3) is 2.72. The summed E-state index contributed by atoms with van der Waals surface area (Å²) < 4.78 is 17.0. The van der Waals surface area contributed by atoms with Gasteiger partial charge in [-0.1, -0.05) is 0 Å². The standard InChI is InChI=1S/C3H9FOSi2/c1-3-7(2,4)5-6/h3H,1H2,2,6H3. The Labute approximate surface area is 47.0 Å². The van der Waals surface area contributed by atoms with Crippen LogP contribution in [0.25, 0.3) is 0 Å². The summed E-state index contributed by atoms with van der Waals surface area (Å²) in [6, 6.07) is 0. The van der Waals surface area contributed by atoms with Crippen molar-refractivity contribution < 1.29 is 8.22 Å². The topological polar surface area (TPSA) is 9.23 Å². The monoisotopic (exact) mass is 136 g/mol. The van der Waals surface area contributed by atoms with Gasteiger partial charge in [-0.15, -0.1) is 6.58 Å². The summed E-state index contributed by atoms with van der Waals surface area (Å²) in [6.07, 6.45) is 0. The predicted molar refractivity (Wildman–Crippen MR) is 33.9 cm³/mol. The SMILES string of the molecule is C=C[Si](C)(F)O[SiH3]. The van der Waals surface area contributed by atoms with Gasteiger partial charge in [0.05, 0.1) is 0 Å². The van der Waals surface area contributed by atoms with Crippen LogP contribution in [0.4, 0.5) is 4.11 Å². The molecule has 7 heavy (non-hydrogen) atoms. The van der Waals surface area contributed by atoms with Crippen molar-refractivity contribution in [2.45, 2.75) is 6.55 Å². The molecule has 0 aromatic carbocycles. The van der Waals surface area contributed by atoms with Gasteiger partial charge >= 0.3 is 8.65 Å². The molecule has 0 saturated carbocycles. The molecule has 0 aromatic rings. The highest BCUT2D eigenvalue weighted by Gasteiger charge is 2.21. The van der Waals surface area contributed by atoms with Crippen LogP contribution in [0.1, 0.15) is 0 Å². The lowest BCUT2D eigenvalue weighted by Gasteiger charge is -2.07. The Hall–Kier alpha value is 0.0638. The molecule has 1 unspecified atom stereocenters. The fourth-order valence-electron chi connectivity index (χ4n) is 0.0833. The zero-order chi connectivity index (χ0) is 5.91. The third-order valence-corrected chi connectivity index (χ3v) is 4.69. The molecule has 4 heteroatoms. The van der Waals surface area contributed by atoms with Crippen molar-refractivity contribution >= 4 is 19.1 Å². The summed E-state index contributed by atoms with van der Waals surface area (Å²) in [6.45, 7) is 4.75. The van der Waals surface area contributed by atoms with Crippen molar-refractivity contribution in [3.05, 3.63) is 12.3 Å². The number of hydrogen-bond donors (Lipinski definition) is 0. The second kappa shape index (κ2) is 2.39. The molecule has 0 aliphatic rings. The summed E-state index contributed by atoms with van der Waals surface area (Å²) in [5.74, 6) is 0. The van der Waals surface area contributed by atoms with Gasteiger partial charge in [-0.2, -0.15) is 0 Å². The first kappa shape index (κ1) is 7.06. The summed E-state index contributed by atoms with van der Waals surface area (Å²) in [7, 11) is -2.35. The van der Waals surface area contributed by atoms with E-state index in [4.69, 9.17) is 0 Å². The number of rotatable bonds is 2. The van der Waals surface area contributed by atoms with E-state index >= 15 is 0 Å². The molecule has 0 heterocycles. The van der Waals surface area contributed by atoms with E-state index in [9.17, 15) is 4.11 Å². The zero-order valence-electron chi connectivity index (χ0n) is 4.57. The minimum Gasteiger partial charge on any atom is -0.439 e. The van der Waals surface area contributed by atoms with Crippen molar-refractivity contribution in [2.24, 2.45) is 0 Å². The highest BCUT2D eigenvalue weighted by Crippen LogP contribution is 2.02. The van der Waals surface area contributed by atoms with Gasteiger partial charge in [-0.25, -0.2) is 0 Å². The van der Waals surface area contributed by atoms with Gasteiger partial charge in [0.15, 0.2) is 0 Å². The maximum atomic E-state index is 12.4. The molecule has 0 N–H and O–H groups in total. The second-order valence-electron chi connectivity index (χ2n) is 1.39. The highest BCUT2D eigenvalue weighted by molar-refractivity contribution is 6.73. The van der Waals surface area contributed by atoms with Crippen molar-refractivity contribution in [1.29, 1.82) is 0 Å². The van der Waals surface area contributed by atoms with Crippen LogP contribution >= 0.6 is 0 Å². The first-order chi connectivity index (χ1) is 3.12. The van der Waals surface area contributed by atoms with E-state index in [0.29, 0.717) is 10.5 Å². The Morgan fingerprint density at radius 1 is 2.00 bits per heavy atom. The summed E-state index contributed by atoms with van der Waals surface area (Å²) in [4.78, 5) is 0. The molecule has 42 valence electrons. The molecular formula is C3H9FOSi2. The van der Waals surface area contributed by atoms with E-state index in [1.54, 1.807) is 0 Å². The van der Waals surface area contributed by atoms with Gasteiger partial charge in [0.25, 0.3) is 0 Å². The largest absolute Gasteiger partial charge is 0.439 e. The molecule has 0 radical (unpaired) electrons. The van der Waals surface area contributed by atoms with Gasteiger partial charge in [-0.3, -0.25) is 4.11 Å². The van der Waals surface area contributed by atoms with Crippen LogP contribution in [-0.4, -0.2) is 19.1 Å². The molecule has 0 aliphatic carbocycles. The number of hydrogen-bond acceptors (Lipinski definition) is 1. The first-order valence-corrected chi connectivity index (χ1v) is 5.18. The average molecular weight is 136 g/mol. The highest BCUT2D eigenvalue weighted by atomic mass is 28.4. The Balaban J connectivity index is 3.58. The maximum Gasteiger partial charge on any atom is 0.394 e. The van der Waals surface area contributed by atoms with E-state index in [0.717, 1.165) is 0 Å². The van der Waals surface area contributed by atoms with E-state index in [1.807, 2.05) is 0 Å². The van der Waals surface area contributed by atoms with Gasteiger partial charge in [0, 0.05) is 0 Å². The Morgan fingerprint density at radius 2 is 2.43 bits per heavy atom. The molecule has 0 spiro atoms. The van der Waals surface area contributed by atoms with Crippen molar-refractivity contribution in [3.63, 3.8) is 0 Å². The van der Waals surface area contributed by atoms with E-state index in [-0.39, 0.29) is 0 Å². The summed E-state index contributed by atoms with van der Waals surface area (Å²) in [5, 5.41) is 0. The maximum absolute atomic E-state index is 12.4. The van der Waals surface area contributed by atoms with Gasteiger partial charge in [-0.05, 0) is 12.2 Å². The fraction of sp³-hybridized carbons (Fsp3) is 0.333. The van der Waals surface area contributed by atoms with Crippen LogP contribution in [0.2, 0.25) is 6.55 Å². The second-order valence-corrected chi connectivity index (χ2v) is 5.41. The molecule has 0 aliphatic heterocycles. The van der Waals surface area contributed by atoms with Gasteiger partial charge in [0.1, 0.15) is 10.5 Å². The van der Waals surface area contributed by atoms with Crippen LogP contribution < -0.4 is 0 Å².